The van der Waals surface area contributed by atoms with Crippen molar-refractivity contribution in [2.24, 2.45) is 0 Å². The number of carbonyl (C=O) groups excluding carboxylic acids is 1. The third kappa shape index (κ3) is 4.81. The van der Waals surface area contributed by atoms with E-state index in [1.165, 1.54) is 12.8 Å². The average Bonchev–Trinajstić information content (AvgIpc) is 3.06. The summed E-state index contributed by atoms with van der Waals surface area (Å²) < 4.78 is 1.94. The van der Waals surface area contributed by atoms with Crippen LogP contribution in [0.15, 0.2) is 12.3 Å². The van der Waals surface area contributed by atoms with Gasteiger partial charge in [0.2, 0.25) is 5.91 Å². The molecule has 0 bridgehead atoms. The standard InChI is InChI=1S/C16H28N4O2/c1-4-19(12-16(2,3)22)11-15(21)18-14-9-10-17-20(14)13-7-5-6-8-13/h9-10,13,22H,4-8,11-12H2,1-3H3,(H,18,21). The van der Waals surface area contributed by atoms with Crippen molar-refractivity contribution in [3.05, 3.63) is 12.3 Å². The van der Waals surface area contributed by atoms with Crippen molar-refractivity contribution < 1.29 is 9.90 Å². The number of hydrogen-bond acceptors (Lipinski definition) is 4. The summed E-state index contributed by atoms with van der Waals surface area (Å²) in [4.78, 5) is 14.2. The predicted molar refractivity (Wildman–Crippen MR) is 86.8 cm³/mol. The summed E-state index contributed by atoms with van der Waals surface area (Å²) in [6.45, 7) is 6.96. The van der Waals surface area contributed by atoms with E-state index in [4.69, 9.17) is 0 Å². The number of hydrogen-bond donors (Lipinski definition) is 2. The number of amides is 1. The Morgan fingerprint density at radius 2 is 2.18 bits per heavy atom. The summed E-state index contributed by atoms with van der Waals surface area (Å²) >= 11 is 0. The smallest absolute Gasteiger partial charge is 0.239 e. The molecule has 0 aromatic carbocycles. The third-order valence-electron chi connectivity index (χ3n) is 4.03. The highest BCUT2D eigenvalue weighted by molar-refractivity contribution is 5.91. The largest absolute Gasteiger partial charge is 0.389 e. The van der Waals surface area contributed by atoms with Gasteiger partial charge in [-0.1, -0.05) is 19.8 Å². The van der Waals surface area contributed by atoms with Crippen LogP contribution in [0.3, 0.4) is 0 Å². The van der Waals surface area contributed by atoms with Crippen LogP contribution in [0.1, 0.15) is 52.5 Å². The molecule has 1 aromatic heterocycles. The number of nitrogens with zero attached hydrogens (tertiary/aromatic N) is 3. The minimum absolute atomic E-state index is 0.0640. The fraction of sp³-hybridized carbons (Fsp3) is 0.750. The third-order valence-corrected chi connectivity index (χ3v) is 4.03. The average molecular weight is 308 g/mol. The minimum Gasteiger partial charge on any atom is -0.389 e. The molecular formula is C16H28N4O2. The number of nitrogens with one attached hydrogen (secondary N) is 1. The monoisotopic (exact) mass is 308 g/mol. The van der Waals surface area contributed by atoms with E-state index in [-0.39, 0.29) is 12.5 Å². The van der Waals surface area contributed by atoms with Gasteiger partial charge in [-0.3, -0.25) is 9.69 Å². The molecule has 1 fully saturated rings. The molecular weight excluding hydrogens is 280 g/mol. The Bertz CT molecular complexity index is 487. The van der Waals surface area contributed by atoms with Crippen molar-refractivity contribution in [1.82, 2.24) is 14.7 Å². The highest BCUT2D eigenvalue weighted by atomic mass is 16.3. The fourth-order valence-electron chi connectivity index (χ4n) is 3.07. The molecule has 6 heteroatoms. The highest BCUT2D eigenvalue weighted by Crippen LogP contribution is 2.31. The Morgan fingerprint density at radius 1 is 1.50 bits per heavy atom. The number of aromatic nitrogens is 2. The molecule has 22 heavy (non-hydrogen) atoms. The van der Waals surface area contributed by atoms with Gasteiger partial charge in [-0.2, -0.15) is 5.10 Å². The van der Waals surface area contributed by atoms with E-state index >= 15 is 0 Å². The molecule has 0 radical (unpaired) electrons. The minimum atomic E-state index is -0.804. The molecule has 2 rings (SSSR count). The van der Waals surface area contributed by atoms with Crippen LogP contribution in [0.4, 0.5) is 5.82 Å². The summed E-state index contributed by atoms with van der Waals surface area (Å²) in [6.07, 6.45) is 6.46. The highest BCUT2D eigenvalue weighted by Gasteiger charge is 2.22. The lowest BCUT2D eigenvalue weighted by molar-refractivity contribution is -0.117. The van der Waals surface area contributed by atoms with Gasteiger partial charge in [0.25, 0.3) is 0 Å². The van der Waals surface area contributed by atoms with Crippen LogP contribution >= 0.6 is 0 Å². The Hall–Kier alpha value is -1.40. The zero-order valence-electron chi connectivity index (χ0n) is 13.9. The van der Waals surface area contributed by atoms with E-state index in [0.717, 1.165) is 25.2 Å². The molecule has 1 aromatic rings. The molecule has 0 atom stereocenters. The molecule has 6 nitrogen and oxygen atoms in total. The zero-order chi connectivity index (χ0) is 16.2. The maximum absolute atomic E-state index is 12.3. The van der Waals surface area contributed by atoms with Gasteiger partial charge in [0.15, 0.2) is 0 Å². The van der Waals surface area contributed by atoms with Crippen molar-refractivity contribution in [2.45, 2.75) is 58.1 Å². The Kier molecular flexibility index (Phi) is 5.58. The summed E-state index contributed by atoms with van der Waals surface area (Å²) in [7, 11) is 0. The first-order valence-corrected chi connectivity index (χ1v) is 8.17. The second-order valence-electron chi connectivity index (χ2n) is 6.76. The Balaban J connectivity index is 1.93. The maximum Gasteiger partial charge on any atom is 0.239 e. The summed E-state index contributed by atoms with van der Waals surface area (Å²) in [5, 5.41) is 17.2. The summed E-state index contributed by atoms with van der Waals surface area (Å²) in [5.74, 6) is 0.710. The molecule has 1 aliphatic rings. The van der Waals surface area contributed by atoms with Gasteiger partial charge in [-0.05, 0) is 33.2 Å². The zero-order valence-corrected chi connectivity index (χ0v) is 13.9. The second kappa shape index (κ2) is 7.24. The van der Waals surface area contributed by atoms with Gasteiger partial charge in [0.1, 0.15) is 5.82 Å². The number of likely N-dealkylation sites (N-methyl/N-ethyl adjacent to an activating group) is 1. The molecule has 0 spiro atoms. The molecule has 1 amide bonds. The van der Waals surface area contributed by atoms with Crippen LogP contribution in [-0.4, -0.2) is 50.9 Å². The number of aliphatic hydroxyl groups is 1. The van der Waals surface area contributed by atoms with E-state index in [9.17, 15) is 9.90 Å². The lowest BCUT2D eigenvalue weighted by Crippen LogP contribution is -2.42. The van der Waals surface area contributed by atoms with Crippen molar-refractivity contribution in [3.8, 4) is 0 Å². The van der Waals surface area contributed by atoms with Gasteiger partial charge in [-0.25, -0.2) is 4.68 Å². The second-order valence-corrected chi connectivity index (χ2v) is 6.76. The molecule has 1 saturated carbocycles. The van der Waals surface area contributed by atoms with E-state index in [0.29, 0.717) is 12.6 Å². The first-order chi connectivity index (χ1) is 10.4. The Labute approximate surface area is 132 Å². The van der Waals surface area contributed by atoms with Crippen LogP contribution in [-0.2, 0) is 4.79 Å². The quantitative estimate of drug-likeness (QED) is 0.808. The van der Waals surface area contributed by atoms with E-state index in [1.54, 1.807) is 20.0 Å². The number of carbonyl (C=O) groups is 1. The van der Waals surface area contributed by atoms with Gasteiger partial charge < -0.3 is 10.4 Å². The van der Waals surface area contributed by atoms with Crippen LogP contribution in [0.5, 0.6) is 0 Å². The molecule has 0 unspecified atom stereocenters. The van der Waals surface area contributed by atoms with Crippen LogP contribution in [0.2, 0.25) is 0 Å². The number of anilines is 1. The molecule has 0 aliphatic heterocycles. The van der Waals surface area contributed by atoms with Crippen LogP contribution in [0.25, 0.3) is 0 Å². The number of rotatable bonds is 7. The van der Waals surface area contributed by atoms with E-state index in [2.05, 4.69) is 10.4 Å². The lowest BCUT2D eigenvalue weighted by Gasteiger charge is -2.27. The molecule has 1 heterocycles. The topological polar surface area (TPSA) is 70.4 Å². The predicted octanol–water partition coefficient (Wildman–Crippen LogP) is 2.03. The molecule has 0 saturated heterocycles. The van der Waals surface area contributed by atoms with Crippen molar-refractivity contribution in [3.63, 3.8) is 0 Å². The van der Waals surface area contributed by atoms with Crippen LogP contribution in [0, 0.1) is 0 Å². The first kappa shape index (κ1) is 17.0. The molecule has 124 valence electrons. The Morgan fingerprint density at radius 3 is 2.77 bits per heavy atom. The lowest BCUT2D eigenvalue weighted by atomic mass is 10.1. The van der Waals surface area contributed by atoms with Crippen molar-refractivity contribution in [2.75, 3.05) is 25.0 Å². The van der Waals surface area contributed by atoms with Crippen molar-refractivity contribution in [1.29, 1.82) is 0 Å². The van der Waals surface area contributed by atoms with Gasteiger partial charge >= 0.3 is 0 Å². The van der Waals surface area contributed by atoms with Gasteiger partial charge in [0, 0.05) is 12.6 Å². The van der Waals surface area contributed by atoms with Crippen LogP contribution < -0.4 is 5.32 Å². The normalized spacial score (nSPS) is 16.4. The maximum atomic E-state index is 12.3. The summed E-state index contributed by atoms with van der Waals surface area (Å²) in [6, 6.07) is 2.26. The van der Waals surface area contributed by atoms with E-state index < -0.39 is 5.60 Å². The van der Waals surface area contributed by atoms with E-state index in [1.807, 2.05) is 22.6 Å². The molecule has 2 N–H and O–H groups in total. The molecule has 1 aliphatic carbocycles. The summed E-state index contributed by atoms with van der Waals surface area (Å²) in [5.41, 5.74) is -0.804. The van der Waals surface area contributed by atoms with Gasteiger partial charge in [-0.15, -0.1) is 0 Å². The SMILES string of the molecule is CCN(CC(=O)Nc1ccnn1C1CCCC1)CC(C)(C)O. The first-order valence-electron chi connectivity index (χ1n) is 8.17. The fourth-order valence-corrected chi connectivity index (χ4v) is 3.07. The van der Waals surface area contributed by atoms with Crippen molar-refractivity contribution >= 4 is 11.7 Å². The van der Waals surface area contributed by atoms with Gasteiger partial charge in [0.05, 0.1) is 24.4 Å².